The number of rotatable bonds is 11. The molecule has 0 heterocycles. The normalized spacial score (nSPS) is 14.0. The van der Waals surface area contributed by atoms with Gasteiger partial charge in [0.25, 0.3) is 0 Å². The highest BCUT2D eigenvalue weighted by molar-refractivity contribution is 5.88. The van der Waals surface area contributed by atoms with Crippen LogP contribution in [0, 0.1) is 17.8 Å². The van der Waals surface area contributed by atoms with E-state index >= 15 is 0 Å². The van der Waals surface area contributed by atoms with Crippen LogP contribution < -0.4 is 5.32 Å². The maximum atomic E-state index is 11.9. The van der Waals surface area contributed by atoms with Gasteiger partial charge >= 0.3 is 0 Å². The zero-order valence-electron chi connectivity index (χ0n) is 14.8. The first-order valence-corrected chi connectivity index (χ1v) is 8.09. The van der Waals surface area contributed by atoms with E-state index in [0.717, 1.165) is 0 Å². The van der Waals surface area contributed by atoms with Gasteiger partial charge in [0.2, 0.25) is 5.91 Å². The van der Waals surface area contributed by atoms with Crippen molar-refractivity contribution in [2.75, 3.05) is 13.2 Å². The molecule has 0 aliphatic carbocycles. The number of carbonyl (C=O) groups is 3. The van der Waals surface area contributed by atoms with Gasteiger partial charge in [0, 0.05) is 17.8 Å². The van der Waals surface area contributed by atoms with Crippen molar-refractivity contribution >= 4 is 17.5 Å². The van der Waals surface area contributed by atoms with Gasteiger partial charge in [-0.2, -0.15) is 0 Å². The summed E-state index contributed by atoms with van der Waals surface area (Å²) in [6.07, 6.45) is 1.34. The molecular weight excluding hydrogens is 282 g/mol. The average Bonchev–Trinajstić information content (AvgIpc) is 2.46. The summed E-state index contributed by atoms with van der Waals surface area (Å²) in [6.45, 7) is 11.3. The van der Waals surface area contributed by atoms with Gasteiger partial charge in [-0.25, -0.2) is 0 Å². The standard InChI is InChI=1S/C17H31NO4/c1-11(2)17(21)18-9-15(19)13(5)7-8-14(6)16(20)10-22-12(3)4/h11-14H,7-10H2,1-6H3,(H,18,21). The number of nitrogens with one attached hydrogen (secondary N) is 1. The van der Waals surface area contributed by atoms with Crippen LogP contribution in [-0.4, -0.2) is 36.7 Å². The number of carbonyl (C=O) groups excluding carboxylic acids is 3. The van der Waals surface area contributed by atoms with Gasteiger partial charge in [-0.1, -0.05) is 27.7 Å². The Morgan fingerprint density at radius 3 is 1.82 bits per heavy atom. The van der Waals surface area contributed by atoms with E-state index in [4.69, 9.17) is 4.74 Å². The molecule has 0 rings (SSSR count). The Morgan fingerprint density at radius 2 is 1.36 bits per heavy atom. The van der Waals surface area contributed by atoms with E-state index in [9.17, 15) is 14.4 Å². The molecule has 0 aromatic carbocycles. The van der Waals surface area contributed by atoms with Crippen molar-refractivity contribution in [1.82, 2.24) is 5.32 Å². The molecule has 0 saturated carbocycles. The van der Waals surface area contributed by atoms with E-state index in [0.29, 0.717) is 12.8 Å². The molecule has 5 heteroatoms. The highest BCUT2D eigenvalue weighted by Crippen LogP contribution is 2.14. The second-order valence-corrected chi connectivity index (χ2v) is 6.54. The number of ketones is 2. The van der Waals surface area contributed by atoms with Crippen molar-refractivity contribution in [3.05, 3.63) is 0 Å². The molecule has 0 aliphatic heterocycles. The van der Waals surface area contributed by atoms with E-state index in [1.54, 1.807) is 13.8 Å². The van der Waals surface area contributed by atoms with Crippen LogP contribution in [0.5, 0.6) is 0 Å². The van der Waals surface area contributed by atoms with Crippen molar-refractivity contribution in [2.45, 2.75) is 60.5 Å². The molecule has 0 radical (unpaired) electrons. The third-order valence-electron chi connectivity index (χ3n) is 3.65. The van der Waals surface area contributed by atoms with Gasteiger partial charge in [-0.05, 0) is 26.7 Å². The van der Waals surface area contributed by atoms with Crippen LogP contribution in [0.3, 0.4) is 0 Å². The molecule has 0 bridgehead atoms. The van der Waals surface area contributed by atoms with Crippen LogP contribution in [0.25, 0.3) is 0 Å². The van der Waals surface area contributed by atoms with Crippen LogP contribution in [-0.2, 0) is 19.1 Å². The number of amides is 1. The smallest absolute Gasteiger partial charge is 0.222 e. The van der Waals surface area contributed by atoms with Gasteiger partial charge in [-0.3, -0.25) is 14.4 Å². The van der Waals surface area contributed by atoms with Crippen molar-refractivity contribution in [2.24, 2.45) is 17.8 Å². The number of hydrogen-bond donors (Lipinski definition) is 1. The maximum absolute atomic E-state index is 11.9. The Balaban J connectivity index is 4.05. The number of Topliss-reactive ketones (excluding diaryl/α,β-unsaturated/α-hetero) is 2. The molecule has 0 fully saturated rings. The van der Waals surface area contributed by atoms with E-state index < -0.39 is 0 Å². The lowest BCUT2D eigenvalue weighted by molar-refractivity contribution is -0.129. The second kappa shape index (κ2) is 10.5. The molecule has 22 heavy (non-hydrogen) atoms. The minimum absolute atomic E-state index is 0.00655. The maximum Gasteiger partial charge on any atom is 0.222 e. The molecule has 2 unspecified atom stereocenters. The summed E-state index contributed by atoms with van der Waals surface area (Å²) in [7, 11) is 0. The molecule has 1 N–H and O–H groups in total. The summed E-state index contributed by atoms with van der Waals surface area (Å²) in [5, 5.41) is 2.63. The fourth-order valence-electron chi connectivity index (χ4n) is 1.77. The molecule has 5 nitrogen and oxygen atoms in total. The van der Waals surface area contributed by atoms with E-state index in [2.05, 4.69) is 5.32 Å². The summed E-state index contributed by atoms with van der Waals surface area (Å²) >= 11 is 0. The molecule has 128 valence electrons. The number of hydrogen-bond acceptors (Lipinski definition) is 4. The van der Waals surface area contributed by atoms with Gasteiger partial charge < -0.3 is 10.1 Å². The van der Waals surface area contributed by atoms with Crippen LogP contribution >= 0.6 is 0 Å². The highest BCUT2D eigenvalue weighted by Gasteiger charge is 2.19. The SMILES string of the molecule is CC(C)OCC(=O)C(C)CCC(C)C(=O)CNC(=O)C(C)C. The average molecular weight is 313 g/mol. The van der Waals surface area contributed by atoms with E-state index in [1.807, 2.05) is 27.7 Å². The zero-order valence-corrected chi connectivity index (χ0v) is 14.8. The third-order valence-corrected chi connectivity index (χ3v) is 3.65. The first-order valence-electron chi connectivity index (χ1n) is 8.09. The first kappa shape index (κ1) is 20.8. The quantitative estimate of drug-likeness (QED) is 0.635. The zero-order chi connectivity index (χ0) is 17.3. The molecular formula is C17H31NO4. The highest BCUT2D eigenvalue weighted by atomic mass is 16.5. The Labute approximate surface area is 134 Å². The predicted octanol–water partition coefficient (Wildman–Crippen LogP) is 2.37. The lowest BCUT2D eigenvalue weighted by Gasteiger charge is -2.15. The van der Waals surface area contributed by atoms with Crippen molar-refractivity contribution < 1.29 is 19.1 Å². The predicted molar refractivity (Wildman–Crippen MR) is 86.5 cm³/mol. The van der Waals surface area contributed by atoms with E-state index in [1.165, 1.54) is 0 Å². The second-order valence-electron chi connectivity index (χ2n) is 6.54. The molecule has 0 aromatic rings. The van der Waals surface area contributed by atoms with Gasteiger partial charge in [-0.15, -0.1) is 0 Å². The Hall–Kier alpha value is -1.23. The monoisotopic (exact) mass is 313 g/mol. The topological polar surface area (TPSA) is 72.5 Å². The van der Waals surface area contributed by atoms with Crippen LogP contribution in [0.4, 0.5) is 0 Å². The minimum Gasteiger partial charge on any atom is -0.371 e. The molecule has 1 amide bonds. The number of ether oxygens (including phenoxy) is 1. The molecule has 2 atom stereocenters. The summed E-state index contributed by atoms with van der Waals surface area (Å²) in [4.78, 5) is 35.2. The van der Waals surface area contributed by atoms with Crippen molar-refractivity contribution in [3.63, 3.8) is 0 Å². The lowest BCUT2D eigenvalue weighted by atomic mass is 9.93. The third kappa shape index (κ3) is 8.93. The molecule has 0 aliphatic rings. The Kier molecular flexibility index (Phi) is 9.90. The van der Waals surface area contributed by atoms with Crippen LogP contribution in [0.1, 0.15) is 54.4 Å². The largest absolute Gasteiger partial charge is 0.371 e. The van der Waals surface area contributed by atoms with Crippen molar-refractivity contribution in [1.29, 1.82) is 0 Å². The summed E-state index contributed by atoms with van der Waals surface area (Å²) in [6, 6.07) is 0. The van der Waals surface area contributed by atoms with Crippen LogP contribution in [0.2, 0.25) is 0 Å². The Bertz CT molecular complexity index is 377. The van der Waals surface area contributed by atoms with Crippen molar-refractivity contribution in [3.8, 4) is 0 Å². The molecule has 0 aromatic heterocycles. The lowest BCUT2D eigenvalue weighted by Crippen LogP contribution is -2.34. The molecule has 0 spiro atoms. The summed E-state index contributed by atoms with van der Waals surface area (Å²) in [5.74, 6) is -0.432. The van der Waals surface area contributed by atoms with Gasteiger partial charge in [0.05, 0.1) is 12.6 Å². The van der Waals surface area contributed by atoms with Gasteiger partial charge in [0.15, 0.2) is 11.6 Å². The fourth-order valence-corrected chi connectivity index (χ4v) is 1.77. The summed E-state index contributed by atoms with van der Waals surface area (Å²) in [5.41, 5.74) is 0. The Morgan fingerprint density at radius 1 is 0.864 bits per heavy atom. The first-order chi connectivity index (χ1) is 10.1. The fraction of sp³-hybridized carbons (Fsp3) is 0.824. The van der Waals surface area contributed by atoms with E-state index in [-0.39, 0.29) is 54.5 Å². The minimum atomic E-state index is -0.159. The molecule has 0 saturated heterocycles. The van der Waals surface area contributed by atoms with Crippen LogP contribution in [0.15, 0.2) is 0 Å². The van der Waals surface area contributed by atoms with Gasteiger partial charge in [0.1, 0.15) is 6.61 Å². The summed E-state index contributed by atoms with van der Waals surface area (Å²) < 4.78 is 5.30.